The molecular weight excluding hydrogens is 252 g/mol. The fourth-order valence-corrected chi connectivity index (χ4v) is 3.01. The van der Waals surface area contributed by atoms with Crippen LogP contribution in [0.5, 0.6) is 0 Å². The van der Waals surface area contributed by atoms with Gasteiger partial charge in [0, 0.05) is 12.1 Å². The van der Waals surface area contributed by atoms with E-state index in [9.17, 15) is 4.79 Å². The highest BCUT2D eigenvalue weighted by Crippen LogP contribution is 2.42. The zero-order chi connectivity index (χ0) is 14.9. The number of aromatic nitrogens is 2. The first-order valence-corrected chi connectivity index (χ1v) is 7.21. The predicted molar refractivity (Wildman–Crippen MR) is 79.1 cm³/mol. The van der Waals surface area contributed by atoms with Crippen molar-refractivity contribution in [3.8, 4) is 0 Å². The minimum Gasteiger partial charge on any atom is -0.383 e. The van der Waals surface area contributed by atoms with E-state index in [2.05, 4.69) is 30.7 Å². The molecule has 0 aromatic carbocycles. The molecule has 1 aliphatic carbocycles. The number of nitrogen functional groups attached to an aromatic ring is 1. The average Bonchev–Trinajstić information content (AvgIpc) is 2.37. The highest BCUT2D eigenvalue weighted by Gasteiger charge is 2.31. The maximum absolute atomic E-state index is 11.1. The molecule has 0 saturated heterocycles. The summed E-state index contributed by atoms with van der Waals surface area (Å²) in [6, 6.07) is 0. The molecule has 20 heavy (non-hydrogen) atoms. The van der Waals surface area contributed by atoms with Crippen LogP contribution in [-0.2, 0) is 0 Å². The van der Waals surface area contributed by atoms with Gasteiger partial charge in [-0.15, -0.1) is 0 Å². The smallest absolute Gasteiger partial charge is 0.254 e. The quantitative estimate of drug-likeness (QED) is 0.867. The van der Waals surface area contributed by atoms with E-state index in [1.54, 1.807) is 0 Å². The van der Waals surface area contributed by atoms with Gasteiger partial charge in [0.1, 0.15) is 11.6 Å². The molecular formula is C15H24N4O. The Hall–Kier alpha value is -1.65. The van der Waals surface area contributed by atoms with Gasteiger partial charge in [0.2, 0.25) is 0 Å². The number of hydrogen-bond donors (Lipinski definition) is 2. The van der Waals surface area contributed by atoms with Crippen LogP contribution < -0.4 is 11.5 Å². The highest BCUT2D eigenvalue weighted by atomic mass is 16.1. The summed E-state index contributed by atoms with van der Waals surface area (Å²) < 4.78 is 0. The summed E-state index contributed by atoms with van der Waals surface area (Å²) >= 11 is 0. The summed E-state index contributed by atoms with van der Waals surface area (Å²) in [6.45, 7) is 6.90. The molecule has 2 rings (SSSR count). The van der Waals surface area contributed by atoms with Crippen LogP contribution in [0.2, 0.25) is 0 Å². The molecule has 1 aromatic heterocycles. The van der Waals surface area contributed by atoms with Crippen molar-refractivity contribution in [2.45, 2.75) is 52.4 Å². The Morgan fingerprint density at radius 1 is 1.25 bits per heavy atom. The number of primary amides is 1. The Morgan fingerprint density at radius 2 is 1.85 bits per heavy atom. The lowest BCUT2D eigenvalue weighted by atomic mass is 9.69. The molecule has 0 spiro atoms. The molecule has 1 saturated carbocycles. The first kappa shape index (κ1) is 14.8. The van der Waals surface area contributed by atoms with E-state index < -0.39 is 5.91 Å². The van der Waals surface area contributed by atoms with Crippen molar-refractivity contribution < 1.29 is 4.79 Å². The van der Waals surface area contributed by atoms with E-state index >= 15 is 0 Å². The maximum atomic E-state index is 11.1. The lowest BCUT2D eigenvalue weighted by Crippen LogP contribution is -2.26. The van der Waals surface area contributed by atoms with E-state index in [1.807, 2.05) is 0 Å². The van der Waals surface area contributed by atoms with Crippen LogP contribution in [0.3, 0.4) is 0 Å². The Kier molecular flexibility index (Phi) is 3.97. The normalized spacial score (nSPS) is 23.6. The minimum atomic E-state index is -0.578. The van der Waals surface area contributed by atoms with Crippen molar-refractivity contribution in [2.75, 3.05) is 5.73 Å². The molecule has 0 bridgehead atoms. The summed E-state index contributed by atoms with van der Waals surface area (Å²) in [5.74, 6) is 1.46. The summed E-state index contributed by atoms with van der Waals surface area (Å²) in [7, 11) is 0. The van der Waals surface area contributed by atoms with Crippen LogP contribution in [-0.4, -0.2) is 15.9 Å². The fourth-order valence-electron chi connectivity index (χ4n) is 3.01. The van der Waals surface area contributed by atoms with E-state index in [1.165, 1.54) is 19.0 Å². The summed E-state index contributed by atoms with van der Waals surface area (Å²) in [6.07, 6.45) is 5.99. The third kappa shape index (κ3) is 3.08. The van der Waals surface area contributed by atoms with Crippen molar-refractivity contribution >= 4 is 11.7 Å². The lowest BCUT2D eigenvalue weighted by Gasteiger charge is -2.36. The number of carbonyl (C=O) groups excluding carboxylic acids is 1. The molecule has 1 amide bonds. The average molecular weight is 276 g/mol. The van der Waals surface area contributed by atoms with Crippen molar-refractivity contribution in [2.24, 2.45) is 17.1 Å². The predicted octanol–water partition coefficient (Wildman–Crippen LogP) is 2.48. The summed E-state index contributed by atoms with van der Waals surface area (Å²) in [5.41, 5.74) is 11.6. The van der Waals surface area contributed by atoms with Gasteiger partial charge in [-0.1, -0.05) is 20.8 Å². The molecule has 0 atom stereocenters. The molecule has 0 radical (unpaired) electrons. The Morgan fingerprint density at radius 3 is 2.30 bits per heavy atom. The Balaban J connectivity index is 2.08. The molecule has 1 fully saturated rings. The number of nitrogens with zero attached hydrogens (tertiary/aromatic N) is 2. The van der Waals surface area contributed by atoms with Gasteiger partial charge in [0.05, 0.1) is 5.56 Å². The molecule has 110 valence electrons. The number of rotatable bonds is 2. The van der Waals surface area contributed by atoms with Crippen LogP contribution in [0.1, 0.15) is 68.6 Å². The second-order valence-electron chi connectivity index (χ2n) is 6.81. The number of nitrogens with two attached hydrogens (primary N) is 2. The third-order valence-corrected chi connectivity index (χ3v) is 4.42. The monoisotopic (exact) mass is 276 g/mol. The molecule has 1 heterocycles. The largest absolute Gasteiger partial charge is 0.383 e. The molecule has 0 aliphatic heterocycles. The van der Waals surface area contributed by atoms with E-state index in [-0.39, 0.29) is 11.4 Å². The van der Waals surface area contributed by atoms with Crippen LogP contribution >= 0.6 is 0 Å². The number of anilines is 1. The van der Waals surface area contributed by atoms with Crippen LogP contribution in [0.25, 0.3) is 0 Å². The van der Waals surface area contributed by atoms with Crippen LogP contribution in [0.4, 0.5) is 5.82 Å². The Bertz CT molecular complexity index is 499. The first-order chi connectivity index (χ1) is 9.29. The van der Waals surface area contributed by atoms with Crippen molar-refractivity contribution in [1.29, 1.82) is 0 Å². The lowest BCUT2D eigenvalue weighted by molar-refractivity contribution is 0.100. The van der Waals surface area contributed by atoms with Gasteiger partial charge < -0.3 is 11.5 Å². The molecule has 4 N–H and O–H groups in total. The topological polar surface area (TPSA) is 94.9 Å². The van der Waals surface area contributed by atoms with Gasteiger partial charge in [0.25, 0.3) is 5.91 Å². The second kappa shape index (κ2) is 5.38. The Labute approximate surface area is 120 Å². The molecule has 1 aliphatic rings. The first-order valence-electron chi connectivity index (χ1n) is 7.21. The minimum absolute atomic E-state index is 0.195. The van der Waals surface area contributed by atoms with Gasteiger partial charge in [0.15, 0.2) is 0 Å². The molecule has 1 aromatic rings. The third-order valence-electron chi connectivity index (χ3n) is 4.42. The number of amides is 1. The summed E-state index contributed by atoms with van der Waals surface area (Å²) in [4.78, 5) is 19.7. The van der Waals surface area contributed by atoms with Gasteiger partial charge in [-0.3, -0.25) is 4.79 Å². The van der Waals surface area contributed by atoms with Gasteiger partial charge in [-0.2, -0.15) is 0 Å². The van der Waals surface area contributed by atoms with Gasteiger partial charge >= 0.3 is 0 Å². The number of carbonyl (C=O) groups is 1. The zero-order valence-electron chi connectivity index (χ0n) is 12.5. The SMILES string of the molecule is CC(C)(C)C1CCC(c2ncc(C(N)=O)c(N)n2)CC1. The zero-order valence-corrected chi connectivity index (χ0v) is 12.5. The molecule has 5 nitrogen and oxygen atoms in total. The van der Waals surface area contributed by atoms with Crippen molar-refractivity contribution in [3.05, 3.63) is 17.6 Å². The van der Waals surface area contributed by atoms with Crippen LogP contribution in [0.15, 0.2) is 6.20 Å². The summed E-state index contributed by atoms with van der Waals surface area (Å²) in [5, 5.41) is 0. The van der Waals surface area contributed by atoms with E-state index in [4.69, 9.17) is 11.5 Å². The van der Waals surface area contributed by atoms with Crippen molar-refractivity contribution in [1.82, 2.24) is 9.97 Å². The van der Waals surface area contributed by atoms with Gasteiger partial charge in [-0.25, -0.2) is 9.97 Å². The molecule has 0 unspecified atom stereocenters. The standard InChI is InChI=1S/C15H24N4O/c1-15(2,3)10-6-4-9(5-7-10)14-18-8-11(13(17)20)12(16)19-14/h8-10H,4-7H2,1-3H3,(H2,17,20)(H2,16,18,19). The molecule has 5 heteroatoms. The van der Waals surface area contributed by atoms with Crippen LogP contribution in [0, 0.1) is 11.3 Å². The van der Waals surface area contributed by atoms with Crippen molar-refractivity contribution in [3.63, 3.8) is 0 Å². The van der Waals surface area contributed by atoms with Gasteiger partial charge in [-0.05, 0) is 37.0 Å². The van der Waals surface area contributed by atoms with E-state index in [0.717, 1.165) is 24.6 Å². The fraction of sp³-hybridized carbons (Fsp3) is 0.667. The maximum Gasteiger partial charge on any atom is 0.254 e. The second-order valence-corrected chi connectivity index (χ2v) is 6.81. The van der Waals surface area contributed by atoms with E-state index in [0.29, 0.717) is 11.3 Å². The number of hydrogen-bond acceptors (Lipinski definition) is 4. The highest BCUT2D eigenvalue weighted by molar-refractivity contribution is 5.96.